The van der Waals surface area contributed by atoms with Crippen LogP contribution in [0.25, 0.3) is 10.9 Å². The summed E-state index contributed by atoms with van der Waals surface area (Å²) in [4.78, 5) is 14.9. The number of methoxy groups -OCH3 is 1. The second-order valence-corrected chi connectivity index (χ2v) is 5.79. The Labute approximate surface area is 142 Å². The highest BCUT2D eigenvalue weighted by atomic mass is 16.5. The summed E-state index contributed by atoms with van der Waals surface area (Å²) in [5.74, 6) is 0.815. The van der Waals surface area contributed by atoms with E-state index in [9.17, 15) is 4.79 Å². The fourth-order valence-electron chi connectivity index (χ4n) is 3.01. The number of ether oxygens (including phenoxy) is 1. The molecule has 0 N–H and O–H groups in total. The smallest absolute Gasteiger partial charge is 0.270 e. The van der Waals surface area contributed by atoms with Gasteiger partial charge < -0.3 is 14.2 Å². The van der Waals surface area contributed by atoms with Crippen LogP contribution in [-0.4, -0.2) is 29.0 Å². The van der Waals surface area contributed by atoms with Crippen LogP contribution in [0.3, 0.4) is 0 Å². The summed E-state index contributed by atoms with van der Waals surface area (Å²) >= 11 is 0. The molecule has 0 saturated carbocycles. The fraction of sp³-hybridized carbons (Fsp3) is 0.250. The second-order valence-electron chi connectivity index (χ2n) is 5.79. The van der Waals surface area contributed by atoms with Crippen LogP contribution in [0.1, 0.15) is 23.0 Å². The minimum atomic E-state index is 0.0297. The number of carbonyl (C=O) groups excluding carboxylic acids is 1. The van der Waals surface area contributed by atoms with Crippen molar-refractivity contribution in [2.45, 2.75) is 13.5 Å². The average Bonchev–Trinajstić information content (AvgIpc) is 2.97. The van der Waals surface area contributed by atoms with E-state index in [-0.39, 0.29) is 5.91 Å². The molecule has 0 fully saturated rings. The van der Waals surface area contributed by atoms with Gasteiger partial charge in [0, 0.05) is 25.5 Å². The first kappa shape index (κ1) is 16.1. The van der Waals surface area contributed by atoms with Gasteiger partial charge in [0.2, 0.25) is 0 Å². The Balaban J connectivity index is 1.96. The van der Waals surface area contributed by atoms with Crippen LogP contribution in [-0.2, 0) is 13.6 Å². The van der Waals surface area contributed by atoms with Crippen LogP contribution >= 0.6 is 0 Å². The monoisotopic (exact) mass is 322 g/mol. The van der Waals surface area contributed by atoms with Crippen molar-refractivity contribution >= 4 is 16.8 Å². The van der Waals surface area contributed by atoms with Crippen molar-refractivity contribution in [3.05, 3.63) is 65.9 Å². The Morgan fingerprint density at radius 3 is 2.54 bits per heavy atom. The molecule has 1 amide bonds. The van der Waals surface area contributed by atoms with Gasteiger partial charge >= 0.3 is 0 Å². The molecule has 1 aromatic heterocycles. The van der Waals surface area contributed by atoms with E-state index >= 15 is 0 Å². The maximum Gasteiger partial charge on any atom is 0.270 e. The topological polar surface area (TPSA) is 34.5 Å². The molecule has 24 heavy (non-hydrogen) atoms. The standard InChI is InChI=1S/C20H22N2O2/c1-4-22(14-15-9-6-5-7-10-15)20(23)18-13-16-17(21(18)2)11-8-12-19(16)24-3/h5-13H,4,14H2,1-3H3. The van der Waals surface area contributed by atoms with Gasteiger partial charge in [-0.1, -0.05) is 36.4 Å². The largest absolute Gasteiger partial charge is 0.496 e. The SMILES string of the molecule is CCN(Cc1ccccc1)C(=O)c1cc2c(OC)cccc2n1C. The maximum atomic E-state index is 13.0. The third kappa shape index (κ3) is 2.87. The van der Waals surface area contributed by atoms with Crippen molar-refractivity contribution in [2.24, 2.45) is 7.05 Å². The number of benzene rings is 2. The van der Waals surface area contributed by atoms with Crippen molar-refractivity contribution < 1.29 is 9.53 Å². The molecule has 3 aromatic rings. The number of hydrogen-bond acceptors (Lipinski definition) is 2. The van der Waals surface area contributed by atoms with Gasteiger partial charge in [-0.15, -0.1) is 0 Å². The van der Waals surface area contributed by atoms with Crippen LogP contribution in [0.2, 0.25) is 0 Å². The van der Waals surface area contributed by atoms with Gasteiger partial charge in [-0.05, 0) is 30.7 Å². The number of aromatic nitrogens is 1. The highest BCUT2D eigenvalue weighted by molar-refractivity contribution is 6.00. The lowest BCUT2D eigenvalue weighted by Crippen LogP contribution is -2.31. The first-order valence-corrected chi connectivity index (χ1v) is 8.11. The third-order valence-electron chi connectivity index (χ3n) is 4.37. The minimum Gasteiger partial charge on any atom is -0.496 e. The lowest BCUT2D eigenvalue weighted by atomic mass is 10.2. The first-order chi connectivity index (χ1) is 11.7. The predicted molar refractivity (Wildman–Crippen MR) is 96.3 cm³/mol. The molecular formula is C20H22N2O2. The normalized spacial score (nSPS) is 10.8. The molecule has 0 spiro atoms. The van der Waals surface area contributed by atoms with E-state index in [0.717, 1.165) is 22.2 Å². The summed E-state index contributed by atoms with van der Waals surface area (Å²) in [6, 6.07) is 17.8. The van der Waals surface area contributed by atoms with E-state index in [1.165, 1.54) is 0 Å². The van der Waals surface area contributed by atoms with Crippen molar-refractivity contribution in [3.8, 4) is 5.75 Å². The van der Waals surface area contributed by atoms with Crippen molar-refractivity contribution in [3.63, 3.8) is 0 Å². The van der Waals surface area contributed by atoms with E-state index < -0.39 is 0 Å². The summed E-state index contributed by atoms with van der Waals surface area (Å²) in [5, 5.41) is 0.960. The van der Waals surface area contributed by atoms with Gasteiger partial charge in [0.25, 0.3) is 5.91 Å². The molecule has 4 heteroatoms. The Kier molecular flexibility index (Phi) is 4.56. The van der Waals surface area contributed by atoms with Gasteiger partial charge in [0.15, 0.2) is 0 Å². The molecule has 0 aliphatic heterocycles. The Morgan fingerprint density at radius 1 is 1.12 bits per heavy atom. The molecule has 0 aliphatic carbocycles. The molecular weight excluding hydrogens is 300 g/mol. The molecule has 0 saturated heterocycles. The van der Waals surface area contributed by atoms with E-state index in [4.69, 9.17) is 4.74 Å². The lowest BCUT2D eigenvalue weighted by molar-refractivity contribution is 0.0743. The molecule has 0 unspecified atom stereocenters. The second kappa shape index (κ2) is 6.79. The summed E-state index contributed by atoms with van der Waals surface area (Å²) in [6.45, 7) is 3.27. The molecule has 4 nitrogen and oxygen atoms in total. The van der Waals surface area contributed by atoms with Crippen LogP contribution in [0.5, 0.6) is 5.75 Å². The zero-order valence-electron chi connectivity index (χ0n) is 14.3. The number of amides is 1. The summed E-state index contributed by atoms with van der Waals surface area (Å²) in [6.07, 6.45) is 0. The van der Waals surface area contributed by atoms with E-state index in [2.05, 4.69) is 0 Å². The maximum absolute atomic E-state index is 13.0. The minimum absolute atomic E-state index is 0.0297. The van der Waals surface area contributed by atoms with Gasteiger partial charge in [-0.3, -0.25) is 4.79 Å². The number of rotatable bonds is 5. The number of fused-ring (bicyclic) bond motifs is 1. The molecule has 0 bridgehead atoms. The zero-order chi connectivity index (χ0) is 17.1. The molecule has 0 atom stereocenters. The van der Waals surface area contributed by atoms with Crippen molar-refractivity contribution in [1.29, 1.82) is 0 Å². The highest BCUT2D eigenvalue weighted by Crippen LogP contribution is 2.28. The quantitative estimate of drug-likeness (QED) is 0.715. The van der Waals surface area contributed by atoms with Crippen LogP contribution in [0, 0.1) is 0 Å². The Bertz CT molecular complexity index is 853. The number of aryl methyl sites for hydroxylation is 1. The fourth-order valence-corrected chi connectivity index (χ4v) is 3.01. The number of hydrogen-bond donors (Lipinski definition) is 0. The molecule has 3 rings (SSSR count). The highest BCUT2D eigenvalue weighted by Gasteiger charge is 2.20. The molecule has 0 radical (unpaired) electrons. The van der Waals surface area contributed by atoms with Crippen molar-refractivity contribution in [2.75, 3.05) is 13.7 Å². The van der Waals surface area contributed by atoms with E-state index in [1.807, 2.05) is 78.0 Å². The van der Waals surface area contributed by atoms with E-state index in [0.29, 0.717) is 18.8 Å². The number of nitrogens with zero attached hydrogens (tertiary/aromatic N) is 2. The van der Waals surface area contributed by atoms with Crippen molar-refractivity contribution in [1.82, 2.24) is 9.47 Å². The van der Waals surface area contributed by atoms with Gasteiger partial charge in [0.05, 0.1) is 12.6 Å². The Hall–Kier alpha value is -2.75. The third-order valence-corrected chi connectivity index (χ3v) is 4.37. The average molecular weight is 322 g/mol. The predicted octanol–water partition coefficient (Wildman–Crippen LogP) is 3.85. The summed E-state index contributed by atoms with van der Waals surface area (Å²) < 4.78 is 7.36. The molecule has 1 heterocycles. The Morgan fingerprint density at radius 2 is 1.88 bits per heavy atom. The molecule has 0 aliphatic rings. The van der Waals surface area contributed by atoms with Crippen LogP contribution < -0.4 is 4.74 Å². The van der Waals surface area contributed by atoms with Gasteiger partial charge in [-0.2, -0.15) is 0 Å². The van der Waals surface area contributed by atoms with Crippen LogP contribution in [0.4, 0.5) is 0 Å². The first-order valence-electron chi connectivity index (χ1n) is 8.11. The molecule has 124 valence electrons. The molecule has 2 aromatic carbocycles. The zero-order valence-corrected chi connectivity index (χ0v) is 14.3. The van der Waals surface area contributed by atoms with Gasteiger partial charge in [-0.25, -0.2) is 0 Å². The van der Waals surface area contributed by atoms with Crippen LogP contribution in [0.15, 0.2) is 54.6 Å². The lowest BCUT2D eigenvalue weighted by Gasteiger charge is -2.21. The number of carbonyl (C=O) groups is 1. The summed E-state index contributed by atoms with van der Waals surface area (Å²) in [5.41, 5.74) is 2.80. The van der Waals surface area contributed by atoms with Gasteiger partial charge in [0.1, 0.15) is 11.4 Å². The summed E-state index contributed by atoms with van der Waals surface area (Å²) in [7, 11) is 3.57. The van der Waals surface area contributed by atoms with E-state index in [1.54, 1.807) is 7.11 Å².